The lowest BCUT2D eigenvalue weighted by atomic mass is 10.2. The van der Waals surface area contributed by atoms with Crippen molar-refractivity contribution in [2.24, 2.45) is 5.73 Å². The zero-order valence-corrected chi connectivity index (χ0v) is 13.3. The molecule has 0 aliphatic carbocycles. The number of rotatable bonds is 9. The van der Waals surface area contributed by atoms with E-state index in [0.717, 1.165) is 0 Å². The van der Waals surface area contributed by atoms with Crippen LogP contribution in [-0.4, -0.2) is 42.2 Å². The summed E-state index contributed by atoms with van der Waals surface area (Å²) in [6.07, 6.45) is -0.341. The minimum Gasteiger partial charge on any atom is -0.469 e. The number of Topliss-reactive ketones (excluding diaryl/α,β-unsaturated/α-hetero) is 2. The van der Waals surface area contributed by atoms with E-state index in [9.17, 15) is 19.2 Å². The molecule has 0 spiro atoms. The lowest BCUT2D eigenvalue weighted by Gasteiger charge is -2.10. The van der Waals surface area contributed by atoms with Gasteiger partial charge in [0.25, 0.3) is 0 Å². The highest BCUT2D eigenvalue weighted by molar-refractivity contribution is 9.09. The van der Waals surface area contributed by atoms with Gasteiger partial charge in [0.2, 0.25) is 5.01 Å². The smallest absolute Gasteiger partial charge is 0.307 e. The van der Waals surface area contributed by atoms with Crippen molar-refractivity contribution < 1.29 is 28.7 Å². The summed E-state index contributed by atoms with van der Waals surface area (Å²) in [5.74, 6) is -1.92. The van der Waals surface area contributed by atoms with Crippen molar-refractivity contribution in [1.29, 1.82) is 0 Å². The van der Waals surface area contributed by atoms with E-state index in [1.54, 1.807) is 0 Å². The summed E-state index contributed by atoms with van der Waals surface area (Å²) in [4.78, 5) is 44.5. The van der Waals surface area contributed by atoms with Crippen molar-refractivity contribution in [1.82, 2.24) is 0 Å². The number of halogens is 2. The minimum absolute atomic E-state index is 0. The zero-order chi connectivity index (χ0) is 14.8. The Bertz CT molecular complexity index is 363. The molecule has 0 heterocycles. The molecule has 0 amide bonds. The Kier molecular flexibility index (Phi) is 12.6. The number of carbonyl (C=O) groups is 4. The first-order chi connectivity index (χ1) is 8.90. The summed E-state index contributed by atoms with van der Waals surface area (Å²) in [6, 6.07) is 0. The molecule has 0 rings (SSSR count). The standard InChI is InChI=1S/C11H16BrNO6.ClH/c1-18-9(16)5-3-8(15)11(12)19-10(17)4-2-7(14)6-13;/h11H,2-6,13H2,1H3;1H. The Morgan fingerprint density at radius 3 is 2.10 bits per heavy atom. The average molecular weight is 375 g/mol. The quantitative estimate of drug-likeness (QED) is 0.462. The average Bonchev–Trinajstić information content (AvgIpc) is 2.41. The molecular formula is C11H17BrClNO6. The third kappa shape index (κ3) is 9.88. The van der Waals surface area contributed by atoms with Gasteiger partial charge in [0.1, 0.15) is 5.78 Å². The lowest BCUT2D eigenvalue weighted by Crippen LogP contribution is -2.23. The number of methoxy groups -OCH3 is 1. The Balaban J connectivity index is 0. The molecule has 0 aromatic heterocycles. The molecule has 1 atom stereocenters. The van der Waals surface area contributed by atoms with E-state index >= 15 is 0 Å². The maximum Gasteiger partial charge on any atom is 0.307 e. The molecule has 7 nitrogen and oxygen atoms in total. The molecule has 9 heteroatoms. The van der Waals surface area contributed by atoms with Crippen LogP contribution < -0.4 is 5.73 Å². The van der Waals surface area contributed by atoms with Gasteiger partial charge < -0.3 is 15.2 Å². The third-order valence-electron chi connectivity index (χ3n) is 2.13. The van der Waals surface area contributed by atoms with E-state index in [4.69, 9.17) is 10.5 Å². The number of hydrogen-bond donors (Lipinski definition) is 1. The first-order valence-corrected chi connectivity index (χ1v) is 6.47. The van der Waals surface area contributed by atoms with Crippen LogP contribution in [0.25, 0.3) is 0 Å². The topological polar surface area (TPSA) is 113 Å². The summed E-state index contributed by atoms with van der Waals surface area (Å²) < 4.78 is 9.13. The monoisotopic (exact) mass is 373 g/mol. The van der Waals surface area contributed by atoms with Crippen LogP contribution in [0.5, 0.6) is 0 Å². The highest BCUT2D eigenvalue weighted by Crippen LogP contribution is 2.10. The van der Waals surface area contributed by atoms with E-state index in [1.807, 2.05) is 0 Å². The molecule has 0 aliphatic heterocycles. The summed E-state index contributed by atoms with van der Waals surface area (Å²) in [7, 11) is 1.22. The molecule has 0 saturated heterocycles. The van der Waals surface area contributed by atoms with Gasteiger partial charge in [0.15, 0.2) is 5.78 Å². The van der Waals surface area contributed by atoms with E-state index in [0.29, 0.717) is 0 Å². The second-order valence-electron chi connectivity index (χ2n) is 3.59. The van der Waals surface area contributed by atoms with Gasteiger partial charge in [-0.05, 0) is 15.9 Å². The maximum absolute atomic E-state index is 11.5. The number of nitrogens with two attached hydrogens (primary N) is 1. The Morgan fingerprint density at radius 2 is 1.60 bits per heavy atom. The van der Waals surface area contributed by atoms with Gasteiger partial charge in [0.05, 0.1) is 26.5 Å². The number of alkyl halides is 1. The van der Waals surface area contributed by atoms with E-state index in [1.165, 1.54) is 7.11 Å². The van der Waals surface area contributed by atoms with Crippen molar-refractivity contribution in [2.75, 3.05) is 13.7 Å². The van der Waals surface area contributed by atoms with Gasteiger partial charge in [-0.2, -0.15) is 0 Å². The van der Waals surface area contributed by atoms with Crippen LogP contribution >= 0.6 is 28.3 Å². The van der Waals surface area contributed by atoms with Gasteiger partial charge in [-0.25, -0.2) is 0 Å². The predicted molar refractivity (Wildman–Crippen MR) is 75.6 cm³/mol. The first kappa shape index (κ1) is 21.3. The molecule has 116 valence electrons. The van der Waals surface area contributed by atoms with Crippen molar-refractivity contribution in [2.45, 2.75) is 30.7 Å². The molecule has 1 unspecified atom stereocenters. The van der Waals surface area contributed by atoms with Crippen LogP contribution in [-0.2, 0) is 28.7 Å². The number of ether oxygens (including phenoxy) is 2. The first-order valence-electron chi connectivity index (χ1n) is 5.55. The largest absolute Gasteiger partial charge is 0.469 e. The molecule has 0 aromatic carbocycles. The number of carbonyl (C=O) groups excluding carboxylic acids is 4. The summed E-state index contributed by atoms with van der Waals surface area (Å²) in [5, 5.41) is -1.13. The fourth-order valence-electron chi connectivity index (χ4n) is 1.02. The second-order valence-corrected chi connectivity index (χ2v) is 4.42. The fraction of sp³-hybridized carbons (Fsp3) is 0.636. The summed E-state index contributed by atoms with van der Waals surface area (Å²) in [5.41, 5.74) is 5.08. The van der Waals surface area contributed by atoms with Gasteiger partial charge in [0, 0.05) is 12.8 Å². The van der Waals surface area contributed by atoms with E-state index < -0.39 is 22.7 Å². The van der Waals surface area contributed by atoms with Gasteiger partial charge in [-0.1, -0.05) is 0 Å². The van der Waals surface area contributed by atoms with Crippen molar-refractivity contribution in [3.05, 3.63) is 0 Å². The third-order valence-corrected chi connectivity index (χ3v) is 2.82. The van der Waals surface area contributed by atoms with Crippen molar-refractivity contribution in [3.63, 3.8) is 0 Å². The Labute approximate surface area is 131 Å². The normalized spacial score (nSPS) is 10.9. The summed E-state index contributed by atoms with van der Waals surface area (Å²) in [6.45, 7) is -0.136. The van der Waals surface area contributed by atoms with Crippen LogP contribution in [0.4, 0.5) is 0 Å². The van der Waals surface area contributed by atoms with Gasteiger partial charge in [-0.3, -0.25) is 19.2 Å². The van der Waals surface area contributed by atoms with Crippen LogP contribution in [0.15, 0.2) is 0 Å². The minimum atomic E-state index is -1.13. The van der Waals surface area contributed by atoms with Crippen LogP contribution in [0.2, 0.25) is 0 Å². The van der Waals surface area contributed by atoms with Gasteiger partial charge >= 0.3 is 11.9 Å². The maximum atomic E-state index is 11.5. The van der Waals surface area contributed by atoms with Crippen molar-refractivity contribution >= 4 is 51.8 Å². The van der Waals surface area contributed by atoms with Crippen LogP contribution in [0.3, 0.4) is 0 Å². The Morgan fingerprint density at radius 1 is 1.05 bits per heavy atom. The van der Waals surface area contributed by atoms with E-state index in [-0.39, 0.29) is 50.4 Å². The molecule has 0 radical (unpaired) electrons. The van der Waals surface area contributed by atoms with Crippen LogP contribution in [0.1, 0.15) is 25.7 Å². The predicted octanol–water partition coefficient (Wildman–Crippen LogP) is 0.503. The highest BCUT2D eigenvalue weighted by atomic mass is 79.9. The molecule has 0 aromatic rings. The SMILES string of the molecule is COC(=O)CCC(=O)C(Br)OC(=O)CCC(=O)CN.Cl. The van der Waals surface area contributed by atoms with Crippen molar-refractivity contribution in [3.8, 4) is 0 Å². The zero-order valence-electron chi connectivity index (χ0n) is 10.9. The highest BCUT2D eigenvalue weighted by Gasteiger charge is 2.20. The molecule has 2 N–H and O–H groups in total. The summed E-state index contributed by atoms with van der Waals surface area (Å²) >= 11 is 2.89. The number of esters is 2. The van der Waals surface area contributed by atoms with Gasteiger partial charge in [-0.15, -0.1) is 12.4 Å². The lowest BCUT2D eigenvalue weighted by molar-refractivity contribution is -0.150. The molecule has 0 aliphatic rings. The van der Waals surface area contributed by atoms with Crippen LogP contribution in [0, 0.1) is 0 Å². The fourth-order valence-corrected chi connectivity index (χ4v) is 1.46. The second kappa shape index (κ2) is 11.8. The number of hydrogen-bond acceptors (Lipinski definition) is 7. The Hall–Kier alpha value is -0.990. The number of ketones is 2. The molecule has 0 saturated carbocycles. The molecule has 0 bridgehead atoms. The molecule has 20 heavy (non-hydrogen) atoms. The molecular weight excluding hydrogens is 357 g/mol. The molecule has 0 fully saturated rings. The van der Waals surface area contributed by atoms with E-state index in [2.05, 4.69) is 20.7 Å².